The molecule has 2 amide bonds. The number of hydrogen-bond acceptors (Lipinski definition) is 3. The maximum Gasteiger partial charge on any atom is 0.234 e. The Labute approximate surface area is 117 Å². The zero-order valence-corrected chi connectivity index (χ0v) is 11.8. The molecule has 0 radical (unpaired) electrons. The standard InChI is InChI=1S/C14H16N2O2S/c1-8-5-12(17)16(13(18)6-8)11-7-10(14(15)19)4-3-9(11)2/h3-4,7-8H,5-6H2,1-2H3,(H2,15,19). The number of aryl methyl sites for hydroxylation is 1. The van der Waals surface area contributed by atoms with E-state index in [0.717, 1.165) is 5.56 Å². The number of amides is 2. The van der Waals surface area contributed by atoms with Crippen molar-refractivity contribution in [3.63, 3.8) is 0 Å². The number of piperidine rings is 1. The van der Waals surface area contributed by atoms with E-state index in [1.807, 2.05) is 19.9 Å². The number of anilines is 1. The number of imide groups is 1. The van der Waals surface area contributed by atoms with Crippen LogP contribution in [0.25, 0.3) is 0 Å². The molecular formula is C14H16N2O2S. The molecule has 1 aliphatic rings. The molecule has 0 aromatic heterocycles. The van der Waals surface area contributed by atoms with Crippen LogP contribution in [0.5, 0.6) is 0 Å². The van der Waals surface area contributed by atoms with Crippen LogP contribution in [0.2, 0.25) is 0 Å². The van der Waals surface area contributed by atoms with E-state index in [1.54, 1.807) is 12.1 Å². The maximum atomic E-state index is 12.1. The topological polar surface area (TPSA) is 63.4 Å². The van der Waals surface area contributed by atoms with Crippen LogP contribution < -0.4 is 10.6 Å². The molecule has 19 heavy (non-hydrogen) atoms. The van der Waals surface area contributed by atoms with Gasteiger partial charge in [-0.2, -0.15) is 0 Å². The Kier molecular flexibility index (Phi) is 3.66. The fraction of sp³-hybridized carbons (Fsp3) is 0.357. The van der Waals surface area contributed by atoms with Crippen LogP contribution in [-0.4, -0.2) is 16.8 Å². The minimum Gasteiger partial charge on any atom is -0.389 e. The highest BCUT2D eigenvalue weighted by molar-refractivity contribution is 7.80. The van der Waals surface area contributed by atoms with Crippen LogP contribution in [0.4, 0.5) is 5.69 Å². The third-order valence-corrected chi connectivity index (χ3v) is 3.52. The summed E-state index contributed by atoms with van der Waals surface area (Å²) < 4.78 is 0. The van der Waals surface area contributed by atoms with E-state index >= 15 is 0 Å². The van der Waals surface area contributed by atoms with Crippen LogP contribution in [0, 0.1) is 12.8 Å². The van der Waals surface area contributed by atoms with Crippen LogP contribution in [0.1, 0.15) is 30.9 Å². The normalized spacial score (nSPS) is 16.8. The Hall–Kier alpha value is -1.75. The predicted molar refractivity (Wildman–Crippen MR) is 78.0 cm³/mol. The first-order valence-corrected chi connectivity index (χ1v) is 6.57. The van der Waals surface area contributed by atoms with E-state index < -0.39 is 0 Å². The predicted octanol–water partition coefficient (Wildman–Crippen LogP) is 1.92. The zero-order valence-electron chi connectivity index (χ0n) is 11.0. The molecule has 1 aliphatic heterocycles. The highest BCUT2D eigenvalue weighted by Crippen LogP contribution is 2.28. The quantitative estimate of drug-likeness (QED) is 0.662. The Morgan fingerprint density at radius 3 is 2.42 bits per heavy atom. The second-order valence-electron chi connectivity index (χ2n) is 5.00. The Morgan fingerprint density at radius 2 is 1.89 bits per heavy atom. The van der Waals surface area contributed by atoms with E-state index in [1.165, 1.54) is 4.90 Å². The summed E-state index contributed by atoms with van der Waals surface area (Å²) >= 11 is 4.93. The van der Waals surface area contributed by atoms with Gasteiger partial charge in [-0.05, 0) is 24.5 Å². The fourth-order valence-electron chi connectivity index (χ4n) is 2.26. The second-order valence-corrected chi connectivity index (χ2v) is 5.44. The Morgan fingerprint density at radius 1 is 1.32 bits per heavy atom. The van der Waals surface area contributed by atoms with Gasteiger partial charge in [-0.1, -0.05) is 31.3 Å². The molecule has 0 spiro atoms. The van der Waals surface area contributed by atoms with Crippen molar-refractivity contribution in [2.75, 3.05) is 4.90 Å². The number of thiocarbonyl (C=S) groups is 1. The van der Waals surface area contributed by atoms with Crippen molar-refractivity contribution < 1.29 is 9.59 Å². The molecule has 1 fully saturated rings. The van der Waals surface area contributed by atoms with Gasteiger partial charge in [0.2, 0.25) is 11.8 Å². The van der Waals surface area contributed by atoms with Crippen LogP contribution >= 0.6 is 12.2 Å². The first-order chi connectivity index (χ1) is 8.90. The molecule has 0 aliphatic carbocycles. The molecule has 1 aromatic rings. The minimum atomic E-state index is -0.160. The summed E-state index contributed by atoms with van der Waals surface area (Å²) in [6.45, 7) is 3.77. The number of carbonyl (C=O) groups is 2. The molecule has 5 heteroatoms. The molecule has 1 saturated heterocycles. The number of hydrogen-bond donors (Lipinski definition) is 1. The van der Waals surface area contributed by atoms with Crippen molar-refractivity contribution in [2.24, 2.45) is 11.7 Å². The molecule has 2 N–H and O–H groups in total. The van der Waals surface area contributed by atoms with Gasteiger partial charge in [-0.25, -0.2) is 0 Å². The van der Waals surface area contributed by atoms with Gasteiger partial charge >= 0.3 is 0 Å². The fourth-order valence-corrected chi connectivity index (χ4v) is 2.39. The smallest absolute Gasteiger partial charge is 0.234 e. The van der Waals surface area contributed by atoms with Gasteiger partial charge in [-0.3, -0.25) is 14.5 Å². The lowest BCUT2D eigenvalue weighted by atomic mass is 9.96. The van der Waals surface area contributed by atoms with Gasteiger partial charge < -0.3 is 5.73 Å². The van der Waals surface area contributed by atoms with Gasteiger partial charge in [0.1, 0.15) is 4.99 Å². The van der Waals surface area contributed by atoms with Crippen LogP contribution in [0.15, 0.2) is 18.2 Å². The zero-order chi connectivity index (χ0) is 14.2. The molecule has 100 valence electrons. The van der Waals surface area contributed by atoms with Crippen molar-refractivity contribution in [3.05, 3.63) is 29.3 Å². The molecule has 0 atom stereocenters. The van der Waals surface area contributed by atoms with Crippen molar-refractivity contribution in [1.29, 1.82) is 0 Å². The van der Waals surface area contributed by atoms with Crippen LogP contribution in [-0.2, 0) is 9.59 Å². The summed E-state index contributed by atoms with van der Waals surface area (Å²) in [4.78, 5) is 25.7. The van der Waals surface area contributed by atoms with Gasteiger partial charge in [-0.15, -0.1) is 0 Å². The van der Waals surface area contributed by atoms with Crippen molar-refractivity contribution in [1.82, 2.24) is 0 Å². The highest BCUT2D eigenvalue weighted by Gasteiger charge is 2.32. The third-order valence-electron chi connectivity index (χ3n) is 3.28. The molecule has 0 saturated carbocycles. The van der Waals surface area contributed by atoms with E-state index in [9.17, 15) is 9.59 Å². The molecule has 2 rings (SSSR count). The summed E-state index contributed by atoms with van der Waals surface area (Å²) in [6, 6.07) is 5.33. The van der Waals surface area contributed by atoms with E-state index in [4.69, 9.17) is 18.0 Å². The van der Waals surface area contributed by atoms with Crippen molar-refractivity contribution in [3.8, 4) is 0 Å². The summed E-state index contributed by atoms with van der Waals surface area (Å²) in [5.41, 5.74) is 7.71. The molecular weight excluding hydrogens is 260 g/mol. The van der Waals surface area contributed by atoms with Gasteiger partial charge in [0.05, 0.1) is 5.69 Å². The molecule has 0 bridgehead atoms. The van der Waals surface area contributed by atoms with Gasteiger partial charge in [0, 0.05) is 18.4 Å². The van der Waals surface area contributed by atoms with E-state index in [-0.39, 0.29) is 22.7 Å². The maximum absolute atomic E-state index is 12.1. The molecule has 1 aromatic carbocycles. The molecule has 1 heterocycles. The third kappa shape index (κ3) is 2.66. The number of rotatable bonds is 2. The SMILES string of the molecule is Cc1ccc(C(N)=S)cc1N1C(=O)CC(C)CC1=O. The first-order valence-electron chi connectivity index (χ1n) is 6.16. The van der Waals surface area contributed by atoms with Crippen molar-refractivity contribution in [2.45, 2.75) is 26.7 Å². The van der Waals surface area contributed by atoms with E-state index in [2.05, 4.69) is 0 Å². The Bertz CT molecular complexity index is 551. The van der Waals surface area contributed by atoms with Gasteiger partial charge in [0.25, 0.3) is 0 Å². The summed E-state index contributed by atoms with van der Waals surface area (Å²) in [7, 11) is 0. The molecule has 4 nitrogen and oxygen atoms in total. The average Bonchev–Trinajstić information content (AvgIpc) is 2.29. The largest absolute Gasteiger partial charge is 0.389 e. The average molecular weight is 276 g/mol. The highest BCUT2D eigenvalue weighted by atomic mass is 32.1. The lowest BCUT2D eigenvalue weighted by molar-refractivity contribution is -0.130. The number of benzene rings is 1. The number of nitrogens with zero attached hydrogens (tertiary/aromatic N) is 1. The lowest BCUT2D eigenvalue weighted by Crippen LogP contribution is -2.43. The first kappa shape index (κ1) is 13.7. The molecule has 0 unspecified atom stereocenters. The number of carbonyl (C=O) groups excluding carboxylic acids is 2. The number of nitrogens with two attached hydrogens (primary N) is 1. The summed E-state index contributed by atoms with van der Waals surface area (Å²) in [5, 5.41) is 0. The monoisotopic (exact) mass is 276 g/mol. The summed E-state index contributed by atoms with van der Waals surface area (Å²) in [5.74, 6) is -0.214. The van der Waals surface area contributed by atoms with Gasteiger partial charge in [0.15, 0.2) is 0 Å². The second kappa shape index (κ2) is 5.09. The van der Waals surface area contributed by atoms with Crippen LogP contribution in [0.3, 0.4) is 0 Å². The Balaban J connectivity index is 2.45. The summed E-state index contributed by atoms with van der Waals surface area (Å²) in [6.07, 6.45) is 0.783. The van der Waals surface area contributed by atoms with Crippen molar-refractivity contribution >= 4 is 34.7 Å². The lowest BCUT2D eigenvalue weighted by Gasteiger charge is -2.29. The van der Waals surface area contributed by atoms with E-state index in [0.29, 0.717) is 24.1 Å². The minimum absolute atomic E-state index is 0.107.